The largest absolute Gasteiger partial charge is 0.495 e. The van der Waals surface area contributed by atoms with Gasteiger partial charge in [0.2, 0.25) is 11.8 Å². The smallest absolute Gasteiger partial charge is 0.264 e. The van der Waals surface area contributed by atoms with Gasteiger partial charge in [-0.1, -0.05) is 58.6 Å². The highest BCUT2D eigenvalue weighted by Gasteiger charge is 2.33. The predicted molar refractivity (Wildman–Crippen MR) is 163 cm³/mol. The van der Waals surface area contributed by atoms with Crippen molar-refractivity contribution in [1.82, 2.24) is 10.2 Å². The normalized spacial score (nSPS) is 12.1. The molecule has 2 amide bonds. The first kappa shape index (κ1) is 32.5. The standard InChI is InChI=1S/C29H32Cl3N3O5S/c1-18(2)33-29(37)20(4)34(16-23-24(30)7-6-8-25(23)31)28(36)17-35(21-11-14-27(40-5)26(32)15-21)41(38,39)22-12-9-19(3)10-13-22/h6-15,18,20H,16-17H2,1-5H3,(H,33,37)/t20-/m0/s1. The van der Waals surface area contributed by atoms with E-state index in [1.165, 1.54) is 42.3 Å². The molecular formula is C29H32Cl3N3O5S. The quantitative estimate of drug-likeness (QED) is 0.273. The van der Waals surface area contributed by atoms with Crippen LogP contribution in [-0.4, -0.2) is 50.9 Å². The predicted octanol–water partition coefficient (Wildman–Crippen LogP) is 6.10. The van der Waals surface area contributed by atoms with Gasteiger partial charge in [0.05, 0.1) is 22.7 Å². The van der Waals surface area contributed by atoms with Crippen molar-refractivity contribution in [1.29, 1.82) is 0 Å². The molecule has 0 aliphatic carbocycles. The molecule has 0 saturated carbocycles. The van der Waals surface area contributed by atoms with Gasteiger partial charge in [-0.25, -0.2) is 8.42 Å². The van der Waals surface area contributed by atoms with E-state index in [2.05, 4.69) is 5.32 Å². The van der Waals surface area contributed by atoms with Crippen LogP contribution in [0.5, 0.6) is 5.75 Å². The third-order valence-electron chi connectivity index (χ3n) is 6.30. The fraction of sp³-hybridized carbons (Fsp3) is 0.310. The van der Waals surface area contributed by atoms with Crippen LogP contribution in [0.1, 0.15) is 31.9 Å². The number of amides is 2. The lowest BCUT2D eigenvalue weighted by molar-refractivity contribution is -0.139. The highest BCUT2D eigenvalue weighted by molar-refractivity contribution is 7.92. The molecule has 0 fully saturated rings. The Hall–Kier alpha value is -2.98. The van der Waals surface area contributed by atoms with Crippen molar-refractivity contribution in [2.24, 2.45) is 0 Å². The molecule has 0 aromatic heterocycles. The lowest BCUT2D eigenvalue weighted by atomic mass is 10.1. The van der Waals surface area contributed by atoms with E-state index >= 15 is 0 Å². The Kier molecular flexibility index (Phi) is 10.9. The Labute approximate surface area is 256 Å². The molecule has 0 bridgehead atoms. The average Bonchev–Trinajstić information content (AvgIpc) is 2.91. The van der Waals surface area contributed by atoms with Gasteiger partial charge < -0.3 is 15.0 Å². The summed E-state index contributed by atoms with van der Waals surface area (Å²) in [5, 5.41) is 3.56. The zero-order valence-corrected chi connectivity index (χ0v) is 26.4. The molecule has 0 spiro atoms. The van der Waals surface area contributed by atoms with E-state index < -0.39 is 34.4 Å². The number of benzene rings is 3. The zero-order valence-electron chi connectivity index (χ0n) is 23.3. The van der Waals surface area contributed by atoms with Gasteiger partial charge >= 0.3 is 0 Å². The number of carbonyl (C=O) groups is 2. The van der Waals surface area contributed by atoms with E-state index in [1.54, 1.807) is 51.1 Å². The maximum atomic E-state index is 14.0. The summed E-state index contributed by atoms with van der Waals surface area (Å²) in [5.41, 5.74) is 1.43. The number of aryl methyl sites for hydroxylation is 1. The summed E-state index contributed by atoms with van der Waals surface area (Å²) < 4.78 is 34.1. The summed E-state index contributed by atoms with van der Waals surface area (Å²) in [6.07, 6.45) is 0. The first-order valence-electron chi connectivity index (χ1n) is 12.7. The number of nitrogens with one attached hydrogen (secondary N) is 1. The van der Waals surface area contributed by atoms with Gasteiger partial charge in [0.15, 0.2) is 0 Å². The van der Waals surface area contributed by atoms with Gasteiger partial charge in [-0.05, 0) is 70.2 Å². The summed E-state index contributed by atoms with van der Waals surface area (Å²) >= 11 is 19.2. The topological polar surface area (TPSA) is 96.0 Å². The van der Waals surface area contributed by atoms with Gasteiger partial charge in [0.25, 0.3) is 10.0 Å². The van der Waals surface area contributed by atoms with Gasteiger partial charge in [-0.2, -0.15) is 0 Å². The van der Waals surface area contributed by atoms with Crippen LogP contribution in [0.4, 0.5) is 5.69 Å². The van der Waals surface area contributed by atoms with Crippen molar-refractivity contribution in [3.63, 3.8) is 0 Å². The van der Waals surface area contributed by atoms with E-state index in [0.29, 0.717) is 21.4 Å². The Bertz CT molecular complexity index is 1490. The monoisotopic (exact) mass is 639 g/mol. The molecule has 1 N–H and O–H groups in total. The zero-order chi connectivity index (χ0) is 30.5. The van der Waals surface area contributed by atoms with Crippen molar-refractivity contribution in [2.45, 2.75) is 51.2 Å². The number of rotatable bonds is 11. The average molecular weight is 641 g/mol. The van der Waals surface area contributed by atoms with Crippen LogP contribution in [-0.2, 0) is 26.2 Å². The Morgan fingerprint density at radius 2 is 1.54 bits per heavy atom. The molecule has 0 unspecified atom stereocenters. The van der Waals surface area contributed by atoms with E-state index in [-0.39, 0.29) is 28.2 Å². The minimum absolute atomic E-state index is 0.0193. The van der Waals surface area contributed by atoms with Crippen LogP contribution in [0.25, 0.3) is 0 Å². The van der Waals surface area contributed by atoms with Crippen LogP contribution in [0, 0.1) is 6.92 Å². The fourth-order valence-electron chi connectivity index (χ4n) is 4.02. The maximum Gasteiger partial charge on any atom is 0.264 e. The molecule has 3 aromatic rings. The highest BCUT2D eigenvalue weighted by Crippen LogP contribution is 2.33. The number of ether oxygens (including phenoxy) is 1. The molecule has 41 heavy (non-hydrogen) atoms. The number of sulfonamides is 1. The van der Waals surface area contributed by atoms with E-state index in [1.807, 2.05) is 6.92 Å². The molecule has 220 valence electrons. The maximum absolute atomic E-state index is 14.0. The molecule has 0 heterocycles. The van der Waals surface area contributed by atoms with Crippen LogP contribution in [0.15, 0.2) is 65.6 Å². The number of carbonyl (C=O) groups excluding carboxylic acids is 2. The number of anilines is 1. The third-order valence-corrected chi connectivity index (χ3v) is 9.09. The van der Waals surface area contributed by atoms with E-state index in [0.717, 1.165) is 9.87 Å². The molecule has 12 heteroatoms. The van der Waals surface area contributed by atoms with Crippen LogP contribution < -0.4 is 14.4 Å². The summed E-state index contributed by atoms with van der Waals surface area (Å²) in [7, 11) is -2.82. The van der Waals surface area contributed by atoms with E-state index in [9.17, 15) is 18.0 Å². The summed E-state index contributed by atoms with van der Waals surface area (Å²) in [6, 6.07) is 14.4. The molecule has 8 nitrogen and oxygen atoms in total. The van der Waals surface area contributed by atoms with Crippen molar-refractivity contribution < 1.29 is 22.7 Å². The Morgan fingerprint density at radius 3 is 2.07 bits per heavy atom. The SMILES string of the molecule is COc1ccc(N(CC(=O)N(Cc2c(Cl)cccc2Cl)[C@@H](C)C(=O)NC(C)C)S(=O)(=O)c2ccc(C)cc2)cc1Cl. The molecule has 0 aliphatic rings. The molecule has 3 aromatic carbocycles. The lowest BCUT2D eigenvalue weighted by Crippen LogP contribution is -2.52. The first-order valence-corrected chi connectivity index (χ1v) is 15.3. The summed E-state index contributed by atoms with van der Waals surface area (Å²) in [4.78, 5) is 28.3. The molecular weight excluding hydrogens is 609 g/mol. The van der Waals surface area contributed by atoms with Gasteiger partial charge in [0, 0.05) is 28.2 Å². The third kappa shape index (κ3) is 7.86. The van der Waals surface area contributed by atoms with Gasteiger partial charge in [-0.3, -0.25) is 13.9 Å². The molecule has 0 radical (unpaired) electrons. The summed E-state index contributed by atoms with van der Waals surface area (Å²) in [5.74, 6) is -0.740. The minimum Gasteiger partial charge on any atom is -0.495 e. The highest BCUT2D eigenvalue weighted by atomic mass is 35.5. The molecule has 0 saturated heterocycles. The van der Waals surface area contributed by atoms with Crippen molar-refractivity contribution in [2.75, 3.05) is 18.0 Å². The Balaban J connectivity index is 2.11. The van der Waals surface area contributed by atoms with Crippen molar-refractivity contribution >= 4 is 62.3 Å². The number of hydrogen-bond donors (Lipinski definition) is 1. The molecule has 1 atom stereocenters. The van der Waals surface area contributed by atoms with Gasteiger partial charge in [0.1, 0.15) is 18.3 Å². The minimum atomic E-state index is -4.26. The van der Waals surface area contributed by atoms with Crippen molar-refractivity contribution in [3.05, 3.63) is 86.9 Å². The second-order valence-electron chi connectivity index (χ2n) is 9.70. The summed E-state index contributed by atoms with van der Waals surface area (Å²) in [6.45, 7) is 6.22. The van der Waals surface area contributed by atoms with Gasteiger partial charge in [-0.15, -0.1) is 0 Å². The van der Waals surface area contributed by atoms with Crippen LogP contribution >= 0.6 is 34.8 Å². The first-order chi connectivity index (χ1) is 19.3. The second-order valence-corrected chi connectivity index (χ2v) is 12.8. The Morgan fingerprint density at radius 1 is 0.927 bits per heavy atom. The molecule has 0 aliphatic heterocycles. The van der Waals surface area contributed by atoms with Crippen molar-refractivity contribution in [3.8, 4) is 5.75 Å². The van der Waals surface area contributed by atoms with Crippen LogP contribution in [0.2, 0.25) is 15.1 Å². The van der Waals surface area contributed by atoms with Crippen LogP contribution in [0.3, 0.4) is 0 Å². The second kappa shape index (κ2) is 13.8. The number of methoxy groups -OCH3 is 1. The fourth-order valence-corrected chi connectivity index (χ4v) is 6.19. The van der Waals surface area contributed by atoms with E-state index in [4.69, 9.17) is 39.5 Å². The molecule has 3 rings (SSSR count). The number of nitrogens with zero attached hydrogens (tertiary/aromatic N) is 2. The number of halogens is 3. The number of hydrogen-bond acceptors (Lipinski definition) is 5. The lowest BCUT2D eigenvalue weighted by Gasteiger charge is -2.32.